The summed E-state index contributed by atoms with van der Waals surface area (Å²) in [6, 6.07) is 0. The Morgan fingerprint density at radius 2 is 0.512 bits per heavy atom. The minimum atomic E-state index is -0.811. The topological polar surface area (TPSA) is 78.9 Å². The first-order valence-corrected chi connectivity index (χ1v) is 33.9. The molecular weight excluding hydrogens is 985 g/mol. The second-order valence-electron chi connectivity index (χ2n) is 22.3. The minimum absolute atomic E-state index is 0.102. The van der Waals surface area contributed by atoms with E-state index in [-0.39, 0.29) is 37.5 Å². The molecule has 6 heteroatoms. The lowest BCUT2D eigenvalue weighted by atomic mass is 10.0. The molecule has 0 aliphatic heterocycles. The van der Waals surface area contributed by atoms with E-state index in [0.717, 1.165) is 103 Å². The first-order valence-electron chi connectivity index (χ1n) is 33.9. The lowest BCUT2D eigenvalue weighted by molar-refractivity contribution is -0.166. The van der Waals surface area contributed by atoms with E-state index in [9.17, 15) is 14.4 Å². The minimum Gasteiger partial charge on any atom is -0.462 e. The fourth-order valence-electron chi connectivity index (χ4n) is 9.55. The zero-order valence-electron chi connectivity index (χ0n) is 52.6. The van der Waals surface area contributed by atoms with Crippen LogP contribution in [-0.2, 0) is 28.6 Å². The lowest BCUT2D eigenvalue weighted by Crippen LogP contribution is -2.30. The number of unbranched alkanes of at least 4 members (excludes halogenated alkanes) is 32. The van der Waals surface area contributed by atoms with Crippen LogP contribution in [0.15, 0.2) is 109 Å². The van der Waals surface area contributed by atoms with E-state index < -0.39 is 6.10 Å². The normalized spacial score (nSPS) is 12.8. The maximum Gasteiger partial charge on any atom is 0.306 e. The van der Waals surface area contributed by atoms with Crippen LogP contribution in [0.4, 0.5) is 0 Å². The first-order chi connectivity index (χ1) is 39.5. The van der Waals surface area contributed by atoms with Gasteiger partial charge in [0, 0.05) is 19.3 Å². The van der Waals surface area contributed by atoms with Gasteiger partial charge >= 0.3 is 17.9 Å². The van der Waals surface area contributed by atoms with Crippen molar-refractivity contribution in [3.05, 3.63) is 109 Å². The van der Waals surface area contributed by atoms with Crippen LogP contribution < -0.4 is 0 Å². The summed E-state index contributed by atoms with van der Waals surface area (Å²) >= 11 is 0. The molecule has 0 aliphatic rings. The number of carbonyl (C=O) groups is 3. The summed E-state index contributed by atoms with van der Waals surface area (Å²) in [4.78, 5) is 38.3. The number of hydrogen-bond acceptors (Lipinski definition) is 6. The summed E-state index contributed by atoms with van der Waals surface area (Å²) in [5.41, 5.74) is 0. The second kappa shape index (κ2) is 67.6. The van der Waals surface area contributed by atoms with Crippen LogP contribution in [0.1, 0.15) is 323 Å². The molecule has 0 spiro atoms. The van der Waals surface area contributed by atoms with Gasteiger partial charge in [-0.3, -0.25) is 14.4 Å². The molecular formula is C74H126O6. The van der Waals surface area contributed by atoms with Gasteiger partial charge in [0.15, 0.2) is 6.10 Å². The smallest absolute Gasteiger partial charge is 0.306 e. The van der Waals surface area contributed by atoms with Crippen LogP contribution in [0.2, 0.25) is 0 Å². The summed E-state index contributed by atoms with van der Waals surface area (Å²) in [7, 11) is 0. The average Bonchev–Trinajstić information content (AvgIpc) is 3.46. The Morgan fingerprint density at radius 1 is 0.263 bits per heavy atom. The third-order valence-electron chi connectivity index (χ3n) is 14.5. The van der Waals surface area contributed by atoms with E-state index in [1.54, 1.807) is 0 Å². The Morgan fingerprint density at radius 3 is 0.838 bits per heavy atom. The summed E-state index contributed by atoms with van der Waals surface area (Å²) in [5, 5.41) is 0. The molecule has 0 rings (SSSR count). The van der Waals surface area contributed by atoms with E-state index in [0.29, 0.717) is 19.3 Å². The maximum atomic E-state index is 12.9. The van der Waals surface area contributed by atoms with Crippen molar-refractivity contribution in [3.8, 4) is 0 Å². The van der Waals surface area contributed by atoms with Crippen molar-refractivity contribution in [1.29, 1.82) is 0 Å². The molecule has 0 aromatic rings. The van der Waals surface area contributed by atoms with Gasteiger partial charge in [0.2, 0.25) is 0 Å². The Labute approximate surface area is 495 Å². The average molecular weight is 1110 g/mol. The van der Waals surface area contributed by atoms with Gasteiger partial charge in [-0.2, -0.15) is 0 Å². The SMILES string of the molecule is CC/C=C\C/C=C\C/C=C\C/C=C\C/C=C\CCCCCCCCCCCC(=O)OCC(COC(=O)CC/C=C\C/C=C\C/C=C\C/C=C\CC)OC(=O)CCCCCCCCCCCCCCCCCCCCCCCCCC. The summed E-state index contributed by atoms with van der Waals surface area (Å²) in [6.07, 6.45) is 92.7. The van der Waals surface area contributed by atoms with Gasteiger partial charge in [0.1, 0.15) is 13.2 Å². The maximum absolute atomic E-state index is 12.9. The molecule has 0 aromatic heterocycles. The van der Waals surface area contributed by atoms with Gasteiger partial charge in [0.25, 0.3) is 0 Å². The number of allylic oxidation sites excluding steroid dienone is 18. The molecule has 0 amide bonds. The van der Waals surface area contributed by atoms with Crippen molar-refractivity contribution in [2.24, 2.45) is 0 Å². The molecule has 80 heavy (non-hydrogen) atoms. The molecule has 0 heterocycles. The van der Waals surface area contributed by atoms with Crippen molar-refractivity contribution in [2.45, 2.75) is 329 Å². The largest absolute Gasteiger partial charge is 0.462 e. The zero-order valence-corrected chi connectivity index (χ0v) is 52.6. The highest BCUT2D eigenvalue weighted by molar-refractivity contribution is 5.71. The third kappa shape index (κ3) is 64.9. The fourth-order valence-corrected chi connectivity index (χ4v) is 9.55. The molecule has 1 atom stereocenters. The van der Waals surface area contributed by atoms with Gasteiger partial charge in [-0.1, -0.05) is 323 Å². The van der Waals surface area contributed by atoms with Crippen LogP contribution >= 0.6 is 0 Å². The number of carbonyl (C=O) groups excluding carboxylic acids is 3. The zero-order chi connectivity index (χ0) is 57.8. The lowest BCUT2D eigenvalue weighted by Gasteiger charge is -2.18. The van der Waals surface area contributed by atoms with Crippen molar-refractivity contribution in [2.75, 3.05) is 13.2 Å². The molecule has 0 radical (unpaired) electrons. The number of rotatable bonds is 61. The van der Waals surface area contributed by atoms with Crippen LogP contribution in [-0.4, -0.2) is 37.2 Å². The van der Waals surface area contributed by atoms with E-state index in [4.69, 9.17) is 14.2 Å². The summed E-state index contributed by atoms with van der Waals surface area (Å²) in [6.45, 7) is 6.38. The molecule has 0 saturated carbocycles. The molecule has 0 aromatic carbocycles. The molecule has 0 saturated heterocycles. The predicted octanol–water partition coefficient (Wildman–Crippen LogP) is 23.4. The van der Waals surface area contributed by atoms with Gasteiger partial charge in [0.05, 0.1) is 0 Å². The molecule has 6 nitrogen and oxygen atoms in total. The highest BCUT2D eigenvalue weighted by atomic mass is 16.6. The quantitative estimate of drug-likeness (QED) is 0.0261. The number of esters is 3. The third-order valence-corrected chi connectivity index (χ3v) is 14.5. The second-order valence-corrected chi connectivity index (χ2v) is 22.3. The Kier molecular flexibility index (Phi) is 64.3. The van der Waals surface area contributed by atoms with Crippen LogP contribution in [0.3, 0.4) is 0 Å². The molecule has 0 bridgehead atoms. The molecule has 0 aliphatic carbocycles. The summed E-state index contributed by atoms with van der Waals surface area (Å²) in [5.74, 6) is -0.980. The Bertz CT molecular complexity index is 1610. The highest BCUT2D eigenvalue weighted by Gasteiger charge is 2.19. The standard InChI is InChI=1S/C74H126O6/c1-4-7-10-13-16-19-22-25-27-29-31-33-35-37-39-40-42-44-46-49-52-55-58-61-64-67-73(76)79-70-71(69-78-72(75)66-63-60-57-54-51-48-24-21-18-15-12-9-6-3)80-74(77)68-65-62-59-56-53-50-47-45-43-41-38-36-34-32-30-28-26-23-20-17-14-11-8-5-2/h7,9-10,12,16,18-19,21,25,27,31,33,37,39,48,51,57,60,71H,4-6,8,11,13-15,17,20,22-24,26,28-30,32,34-36,38,40-47,49-50,52-56,58-59,61-70H2,1-3H3/b10-7-,12-9-,19-16-,21-18-,27-25-,33-31-,39-37-,51-48-,60-57-. The van der Waals surface area contributed by atoms with Gasteiger partial charge < -0.3 is 14.2 Å². The van der Waals surface area contributed by atoms with E-state index in [1.165, 1.54) is 173 Å². The Hall–Kier alpha value is -3.93. The van der Waals surface area contributed by atoms with Crippen molar-refractivity contribution in [1.82, 2.24) is 0 Å². The van der Waals surface area contributed by atoms with Gasteiger partial charge in [-0.25, -0.2) is 0 Å². The highest BCUT2D eigenvalue weighted by Crippen LogP contribution is 2.17. The van der Waals surface area contributed by atoms with Crippen molar-refractivity contribution < 1.29 is 28.6 Å². The monoisotopic (exact) mass is 1110 g/mol. The van der Waals surface area contributed by atoms with Gasteiger partial charge in [-0.15, -0.1) is 0 Å². The summed E-state index contributed by atoms with van der Waals surface area (Å²) < 4.78 is 16.9. The van der Waals surface area contributed by atoms with Crippen LogP contribution in [0.5, 0.6) is 0 Å². The number of hydrogen-bond donors (Lipinski definition) is 0. The first kappa shape index (κ1) is 76.1. The predicted molar refractivity (Wildman–Crippen MR) is 348 cm³/mol. The molecule has 458 valence electrons. The Balaban J connectivity index is 4.33. The van der Waals surface area contributed by atoms with Crippen molar-refractivity contribution in [3.63, 3.8) is 0 Å². The van der Waals surface area contributed by atoms with E-state index >= 15 is 0 Å². The van der Waals surface area contributed by atoms with E-state index in [2.05, 4.69) is 124 Å². The fraction of sp³-hybridized carbons (Fsp3) is 0.716. The number of ether oxygens (including phenoxy) is 3. The van der Waals surface area contributed by atoms with Crippen LogP contribution in [0, 0.1) is 0 Å². The van der Waals surface area contributed by atoms with E-state index in [1.807, 2.05) is 6.08 Å². The van der Waals surface area contributed by atoms with Crippen LogP contribution in [0.25, 0.3) is 0 Å². The molecule has 0 N–H and O–H groups in total. The van der Waals surface area contributed by atoms with Gasteiger partial charge in [-0.05, 0) is 89.9 Å². The molecule has 0 fully saturated rings. The molecule has 1 unspecified atom stereocenters. The van der Waals surface area contributed by atoms with Crippen molar-refractivity contribution >= 4 is 17.9 Å².